The highest BCUT2D eigenvalue weighted by molar-refractivity contribution is 7.12. The van der Waals surface area contributed by atoms with Gasteiger partial charge in [0.1, 0.15) is 0 Å². The van der Waals surface area contributed by atoms with Crippen LogP contribution in [0.25, 0.3) is 0 Å². The lowest BCUT2D eigenvalue weighted by Gasteiger charge is -2.11. The van der Waals surface area contributed by atoms with Crippen molar-refractivity contribution in [2.24, 2.45) is 0 Å². The summed E-state index contributed by atoms with van der Waals surface area (Å²) >= 11 is 1.80. The molecule has 0 atom stereocenters. The van der Waals surface area contributed by atoms with Gasteiger partial charge in [-0.25, -0.2) is 0 Å². The second kappa shape index (κ2) is 6.34. The van der Waals surface area contributed by atoms with Gasteiger partial charge in [0.15, 0.2) is 0 Å². The molecule has 0 saturated heterocycles. The van der Waals surface area contributed by atoms with E-state index in [4.69, 9.17) is 0 Å². The quantitative estimate of drug-likeness (QED) is 0.860. The summed E-state index contributed by atoms with van der Waals surface area (Å²) in [6.07, 6.45) is 4.81. The number of hydrogen-bond donors (Lipinski definition) is 2. The molecule has 2 rings (SSSR count). The topological polar surface area (TPSA) is 41.1 Å². The number of aryl methyl sites for hydroxylation is 2. The van der Waals surface area contributed by atoms with E-state index in [2.05, 4.69) is 30.5 Å². The van der Waals surface area contributed by atoms with Gasteiger partial charge in [-0.3, -0.25) is 4.79 Å². The molecule has 1 aliphatic rings. The molecule has 1 aromatic rings. The van der Waals surface area contributed by atoms with Gasteiger partial charge in [0.25, 0.3) is 0 Å². The maximum absolute atomic E-state index is 11.7. The lowest BCUT2D eigenvalue weighted by atomic mass is 10.2. The molecule has 0 unspecified atom stereocenters. The predicted molar refractivity (Wildman–Crippen MR) is 75.9 cm³/mol. The van der Waals surface area contributed by atoms with Crippen LogP contribution in [0.4, 0.5) is 0 Å². The molecule has 2 N–H and O–H groups in total. The zero-order chi connectivity index (χ0) is 13.0. The molecule has 1 aromatic heterocycles. The molecular formula is C14H22N2OS. The standard InChI is InChI=1S/C14H22N2OS/c1-10-7-13(18-11(10)2)8-15-9-14(17)16-12-5-3-4-6-12/h7,12,15H,3-6,8-9H2,1-2H3,(H,16,17). The van der Waals surface area contributed by atoms with Crippen LogP contribution in [0.1, 0.15) is 41.0 Å². The number of hydrogen-bond acceptors (Lipinski definition) is 3. The van der Waals surface area contributed by atoms with Crippen LogP contribution in [0.2, 0.25) is 0 Å². The van der Waals surface area contributed by atoms with Gasteiger partial charge in [-0.1, -0.05) is 12.8 Å². The molecule has 1 amide bonds. The van der Waals surface area contributed by atoms with E-state index >= 15 is 0 Å². The van der Waals surface area contributed by atoms with E-state index < -0.39 is 0 Å². The van der Waals surface area contributed by atoms with Crippen molar-refractivity contribution in [2.45, 2.75) is 52.1 Å². The Morgan fingerprint density at radius 1 is 1.39 bits per heavy atom. The number of nitrogens with one attached hydrogen (secondary N) is 2. The molecule has 1 heterocycles. The van der Waals surface area contributed by atoms with Crippen molar-refractivity contribution < 1.29 is 4.79 Å². The van der Waals surface area contributed by atoms with Crippen LogP contribution >= 0.6 is 11.3 Å². The first-order chi connectivity index (χ1) is 8.65. The van der Waals surface area contributed by atoms with Gasteiger partial charge in [-0.05, 0) is 38.3 Å². The van der Waals surface area contributed by atoms with E-state index in [1.54, 1.807) is 11.3 Å². The summed E-state index contributed by atoms with van der Waals surface area (Å²) < 4.78 is 0. The Kier molecular flexibility index (Phi) is 4.78. The lowest BCUT2D eigenvalue weighted by molar-refractivity contribution is -0.120. The zero-order valence-electron chi connectivity index (χ0n) is 11.2. The molecule has 3 nitrogen and oxygen atoms in total. The highest BCUT2D eigenvalue weighted by Gasteiger charge is 2.16. The van der Waals surface area contributed by atoms with Crippen molar-refractivity contribution >= 4 is 17.2 Å². The van der Waals surface area contributed by atoms with Gasteiger partial charge in [-0.15, -0.1) is 11.3 Å². The fourth-order valence-electron chi connectivity index (χ4n) is 2.38. The molecule has 1 aliphatic carbocycles. The van der Waals surface area contributed by atoms with Crippen LogP contribution in [-0.2, 0) is 11.3 Å². The molecule has 4 heteroatoms. The molecule has 18 heavy (non-hydrogen) atoms. The number of carbonyl (C=O) groups excluding carboxylic acids is 1. The van der Waals surface area contributed by atoms with E-state index in [9.17, 15) is 4.79 Å². The summed E-state index contributed by atoms with van der Waals surface area (Å²) in [6.45, 7) is 5.47. The SMILES string of the molecule is Cc1cc(CNCC(=O)NC2CCCC2)sc1C. The van der Waals surface area contributed by atoms with Crippen LogP contribution in [0.5, 0.6) is 0 Å². The van der Waals surface area contributed by atoms with Gasteiger partial charge >= 0.3 is 0 Å². The fourth-order valence-corrected chi connectivity index (χ4v) is 3.41. The van der Waals surface area contributed by atoms with Crippen molar-refractivity contribution in [3.8, 4) is 0 Å². The first-order valence-corrected chi connectivity index (χ1v) is 7.53. The monoisotopic (exact) mass is 266 g/mol. The Balaban J connectivity index is 1.66. The summed E-state index contributed by atoms with van der Waals surface area (Å²) in [5.41, 5.74) is 1.34. The zero-order valence-corrected chi connectivity index (χ0v) is 12.0. The summed E-state index contributed by atoms with van der Waals surface area (Å²) in [4.78, 5) is 14.4. The van der Waals surface area contributed by atoms with Crippen molar-refractivity contribution in [3.05, 3.63) is 21.4 Å². The normalized spacial score (nSPS) is 16.1. The molecule has 0 aromatic carbocycles. The van der Waals surface area contributed by atoms with E-state index in [1.165, 1.54) is 28.2 Å². The highest BCUT2D eigenvalue weighted by atomic mass is 32.1. The van der Waals surface area contributed by atoms with E-state index in [-0.39, 0.29) is 5.91 Å². The minimum Gasteiger partial charge on any atom is -0.352 e. The van der Waals surface area contributed by atoms with Crippen LogP contribution in [0.15, 0.2) is 6.07 Å². The Labute approximate surface area is 113 Å². The lowest BCUT2D eigenvalue weighted by Crippen LogP contribution is -2.38. The molecular weight excluding hydrogens is 244 g/mol. The maximum atomic E-state index is 11.7. The highest BCUT2D eigenvalue weighted by Crippen LogP contribution is 2.20. The third kappa shape index (κ3) is 3.82. The number of rotatable bonds is 5. The Morgan fingerprint density at radius 2 is 2.11 bits per heavy atom. The fraction of sp³-hybridized carbons (Fsp3) is 0.643. The van der Waals surface area contributed by atoms with Gasteiger partial charge in [0.2, 0.25) is 5.91 Å². The number of amides is 1. The van der Waals surface area contributed by atoms with E-state index in [0.717, 1.165) is 19.4 Å². The molecule has 0 bridgehead atoms. The van der Waals surface area contributed by atoms with Crippen LogP contribution in [-0.4, -0.2) is 18.5 Å². The average molecular weight is 266 g/mol. The third-order valence-corrected chi connectivity index (χ3v) is 4.67. The summed E-state index contributed by atoms with van der Waals surface area (Å²) in [7, 11) is 0. The van der Waals surface area contributed by atoms with Crippen LogP contribution in [0.3, 0.4) is 0 Å². The Morgan fingerprint density at radius 3 is 2.72 bits per heavy atom. The van der Waals surface area contributed by atoms with Crippen LogP contribution < -0.4 is 10.6 Å². The van der Waals surface area contributed by atoms with E-state index in [0.29, 0.717) is 12.6 Å². The summed E-state index contributed by atoms with van der Waals surface area (Å²) in [5, 5.41) is 6.30. The largest absolute Gasteiger partial charge is 0.352 e. The molecule has 0 spiro atoms. The number of carbonyl (C=O) groups is 1. The van der Waals surface area contributed by atoms with Crippen molar-refractivity contribution in [2.75, 3.05) is 6.54 Å². The first-order valence-electron chi connectivity index (χ1n) is 6.71. The predicted octanol–water partition coefficient (Wildman–Crippen LogP) is 2.51. The number of thiophene rings is 1. The molecule has 1 saturated carbocycles. The third-order valence-electron chi connectivity index (χ3n) is 3.52. The van der Waals surface area contributed by atoms with Gasteiger partial charge in [0.05, 0.1) is 6.54 Å². The minimum atomic E-state index is 0.131. The second-order valence-corrected chi connectivity index (χ2v) is 6.45. The van der Waals surface area contributed by atoms with Gasteiger partial charge in [-0.2, -0.15) is 0 Å². The smallest absolute Gasteiger partial charge is 0.234 e. The first kappa shape index (κ1) is 13.6. The average Bonchev–Trinajstić information content (AvgIpc) is 2.90. The van der Waals surface area contributed by atoms with Crippen molar-refractivity contribution in [1.29, 1.82) is 0 Å². The molecule has 0 aliphatic heterocycles. The van der Waals surface area contributed by atoms with Crippen molar-refractivity contribution in [3.63, 3.8) is 0 Å². The summed E-state index contributed by atoms with van der Waals surface area (Å²) in [6, 6.07) is 2.62. The van der Waals surface area contributed by atoms with E-state index in [1.807, 2.05) is 0 Å². The summed E-state index contributed by atoms with van der Waals surface area (Å²) in [5.74, 6) is 0.131. The van der Waals surface area contributed by atoms with Crippen molar-refractivity contribution in [1.82, 2.24) is 10.6 Å². The van der Waals surface area contributed by atoms with Gasteiger partial charge < -0.3 is 10.6 Å². The molecule has 0 radical (unpaired) electrons. The maximum Gasteiger partial charge on any atom is 0.234 e. The Bertz CT molecular complexity index is 388. The molecule has 1 fully saturated rings. The molecule has 100 valence electrons. The van der Waals surface area contributed by atoms with Crippen LogP contribution in [0, 0.1) is 13.8 Å². The Hall–Kier alpha value is -0.870. The minimum absolute atomic E-state index is 0.131. The van der Waals surface area contributed by atoms with Gasteiger partial charge in [0, 0.05) is 22.3 Å². The second-order valence-electron chi connectivity index (χ2n) is 5.10.